The second-order valence-corrected chi connectivity index (χ2v) is 11.0. The van der Waals surface area contributed by atoms with Crippen LogP contribution in [0.4, 0.5) is 5.69 Å². The average Bonchev–Trinajstić information content (AvgIpc) is 3.51. The third kappa shape index (κ3) is 4.79. The van der Waals surface area contributed by atoms with Crippen molar-refractivity contribution in [2.24, 2.45) is 0 Å². The molecule has 2 saturated heterocycles. The summed E-state index contributed by atoms with van der Waals surface area (Å²) in [4.78, 5) is 20.4. The maximum atomic E-state index is 5.24. The lowest BCUT2D eigenvalue weighted by Gasteiger charge is -2.34. The number of imidazole rings is 1. The van der Waals surface area contributed by atoms with Gasteiger partial charge in [0.15, 0.2) is 5.65 Å². The lowest BCUT2D eigenvalue weighted by atomic mass is 9.89. The van der Waals surface area contributed by atoms with Crippen LogP contribution in [0.1, 0.15) is 35.8 Å². The summed E-state index contributed by atoms with van der Waals surface area (Å²) in [6, 6.07) is 10.8. The van der Waals surface area contributed by atoms with Gasteiger partial charge in [-0.1, -0.05) is 5.16 Å². The number of aromatic amines is 1. The summed E-state index contributed by atoms with van der Waals surface area (Å²) in [6.45, 7) is 9.19. The van der Waals surface area contributed by atoms with Gasteiger partial charge in [0, 0.05) is 60.7 Å². The van der Waals surface area contributed by atoms with Crippen molar-refractivity contribution in [3.63, 3.8) is 0 Å². The Hall–Kier alpha value is -2.75. The van der Waals surface area contributed by atoms with Crippen molar-refractivity contribution in [2.45, 2.75) is 32.2 Å². The largest absolute Gasteiger partial charge is 0.369 e. The van der Waals surface area contributed by atoms with Gasteiger partial charge in [-0.05, 0) is 91.6 Å². The monoisotopic (exact) mass is 549 g/mol. The Morgan fingerprint density at radius 2 is 1.81 bits per heavy atom. The molecular weight excluding hydrogens is 518 g/mol. The Morgan fingerprint density at radius 3 is 2.50 bits per heavy atom. The van der Waals surface area contributed by atoms with E-state index >= 15 is 0 Å². The summed E-state index contributed by atoms with van der Waals surface area (Å²) in [7, 11) is 2.19. The van der Waals surface area contributed by atoms with Crippen LogP contribution in [0.2, 0.25) is 0 Å². The van der Waals surface area contributed by atoms with Crippen molar-refractivity contribution in [1.82, 2.24) is 29.9 Å². The van der Waals surface area contributed by atoms with Crippen molar-refractivity contribution >= 4 is 32.8 Å². The molecule has 36 heavy (non-hydrogen) atoms. The van der Waals surface area contributed by atoms with E-state index in [1.807, 2.05) is 19.2 Å². The number of likely N-dealkylation sites (tertiary alicyclic amines) is 1. The number of fused-ring (bicyclic) bond motifs is 1. The molecule has 2 aliphatic rings. The molecule has 1 aromatic carbocycles. The topological polar surface area (TPSA) is 77.3 Å². The number of H-pyrrole nitrogens is 1. The zero-order valence-electron chi connectivity index (χ0n) is 20.9. The lowest BCUT2D eigenvalue weighted by Crippen LogP contribution is -2.44. The maximum absolute atomic E-state index is 5.24. The number of anilines is 1. The summed E-state index contributed by atoms with van der Waals surface area (Å²) in [5.41, 5.74) is 6.50. The highest BCUT2D eigenvalue weighted by Crippen LogP contribution is 2.37. The molecule has 0 unspecified atom stereocenters. The van der Waals surface area contributed by atoms with Gasteiger partial charge in [-0.15, -0.1) is 0 Å². The van der Waals surface area contributed by atoms with Crippen molar-refractivity contribution in [3.05, 3.63) is 58.0 Å². The fourth-order valence-corrected chi connectivity index (χ4v) is 6.11. The molecule has 3 aromatic heterocycles. The number of nitrogens with zero attached hydrogens (tertiary/aromatic N) is 6. The van der Waals surface area contributed by atoms with Crippen LogP contribution in [-0.4, -0.2) is 76.2 Å². The lowest BCUT2D eigenvalue weighted by molar-refractivity contribution is 0.199. The van der Waals surface area contributed by atoms with E-state index in [1.54, 1.807) is 0 Å². The molecule has 1 N–H and O–H groups in total. The molecule has 8 nitrogen and oxygen atoms in total. The standard InChI is InChI=1S/C27H32BrN7O/c1-18-15-21(32-36-18)17-34-9-7-19(8-10-34)24-23(28)16-29-27-25(24)30-26(31-27)20-3-5-22(6-4-20)35-13-11-33(2)12-14-35/h3-6,15-16,19H,7-14,17H2,1-2H3,(H,29,30,31). The molecule has 0 amide bonds. The van der Waals surface area contributed by atoms with Gasteiger partial charge in [0.2, 0.25) is 0 Å². The number of aryl methyl sites for hydroxylation is 1. The van der Waals surface area contributed by atoms with Gasteiger partial charge >= 0.3 is 0 Å². The predicted molar refractivity (Wildman–Crippen MR) is 145 cm³/mol. The zero-order chi connectivity index (χ0) is 24.6. The third-order valence-corrected chi connectivity index (χ3v) is 8.21. The summed E-state index contributed by atoms with van der Waals surface area (Å²) < 4.78 is 6.29. The fraction of sp³-hybridized carbons (Fsp3) is 0.444. The third-order valence-electron chi connectivity index (χ3n) is 7.58. The molecule has 0 atom stereocenters. The van der Waals surface area contributed by atoms with Gasteiger partial charge in [-0.3, -0.25) is 4.90 Å². The van der Waals surface area contributed by atoms with Crippen LogP contribution >= 0.6 is 15.9 Å². The molecule has 2 fully saturated rings. The van der Waals surface area contributed by atoms with E-state index in [2.05, 4.69) is 77.1 Å². The maximum Gasteiger partial charge on any atom is 0.178 e. The number of rotatable bonds is 5. The van der Waals surface area contributed by atoms with E-state index in [4.69, 9.17) is 9.51 Å². The molecule has 0 radical (unpaired) electrons. The highest BCUT2D eigenvalue weighted by molar-refractivity contribution is 9.10. The predicted octanol–water partition coefficient (Wildman–Crippen LogP) is 4.82. The number of aromatic nitrogens is 4. The van der Waals surface area contributed by atoms with Gasteiger partial charge in [0.25, 0.3) is 0 Å². The smallest absolute Gasteiger partial charge is 0.178 e. The number of halogens is 1. The number of likely N-dealkylation sites (N-methyl/N-ethyl adjacent to an activating group) is 1. The Labute approximate surface area is 219 Å². The highest BCUT2D eigenvalue weighted by Gasteiger charge is 2.26. The first-order valence-corrected chi connectivity index (χ1v) is 13.6. The van der Waals surface area contributed by atoms with E-state index in [0.29, 0.717) is 5.92 Å². The Bertz CT molecular complexity index is 1330. The molecule has 188 valence electrons. The molecule has 9 heteroatoms. The second-order valence-electron chi connectivity index (χ2n) is 10.1. The van der Waals surface area contributed by atoms with Gasteiger partial charge in [0.1, 0.15) is 11.6 Å². The Morgan fingerprint density at radius 1 is 1.06 bits per heavy atom. The van der Waals surface area contributed by atoms with Crippen molar-refractivity contribution in [2.75, 3.05) is 51.2 Å². The van der Waals surface area contributed by atoms with Crippen LogP contribution in [0.3, 0.4) is 0 Å². The normalized spacial score (nSPS) is 18.4. The number of nitrogens with one attached hydrogen (secondary N) is 1. The van der Waals surface area contributed by atoms with E-state index < -0.39 is 0 Å². The van der Waals surface area contributed by atoms with Crippen molar-refractivity contribution < 1.29 is 4.52 Å². The highest BCUT2D eigenvalue weighted by atomic mass is 79.9. The minimum Gasteiger partial charge on any atom is -0.369 e. The minimum atomic E-state index is 0.452. The average molecular weight is 551 g/mol. The molecule has 0 aliphatic carbocycles. The molecule has 0 spiro atoms. The van der Waals surface area contributed by atoms with Crippen molar-refractivity contribution in [1.29, 1.82) is 0 Å². The number of pyridine rings is 1. The summed E-state index contributed by atoms with van der Waals surface area (Å²) >= 11 is 3.79. The number of piperidine rings is 1. The van der Waals surface area contributed by atoms with Gasteiger partial charge in [0.05, 0.1) is 11.2 Å². The van der Waals surface area contributed by atoms with E-state index in [-0.39, 0.29) is 0 Å². The van der Waals surface area contributed by atoms with Gasteiger partial charge in [-0.25, -0.2) is 9.97 Å². The van der Waals surface area contributed by atoms with Crippen LogP contribution in [0, 0.1) is 6.92 Å². The van der Waals surface area contributed by atoms with Crippen LogP contribution in [0.5, 0.6) is 0 Å². The second kappa shape index (κ2) is 9.95. The van der Waals surface area contributed by atoms with E-state index in [1.165, 1.54) is 11.3 Å². The minimum absolute atomic E-state index is 0.452. The molecule has 6 rings (SSSR count). The summed E-state index contributed by atoms with van der Waals surface area (Å²) in [5, 5.41) is 4.16. The van der Waals surface area contributed by atoms with Crippen LogP contribution in [0.15, 0.2) is 45.5 Å². The number of benzene rings is 1. The number of hydrogen-bond acceptors (Lipinski definition) is 7. The van der Waals surface area contributed by atoms with E-state index in [0.717, 1.165) is 97.1 Å². The van der Waals surface area contributed by atoms with E-state index in [9.17, 15) is 0 Å². The zero-order valence-corrected chi connectivity index (χ0v) is 22.5. The molecular formula is C27H32BrN7O. The van der Waals surface area contributed by atoms with Crippen LogP contribution < -0.4 is 4.90 Å². The SMILES string of the molecule is Cc1cc(CN2CCC(c3c(Br)cnc4nc(-c5ccc(N6CCN(C)CC6)cc5)[nH]c34)CC2)no1. The fourth-order valence-electron chi connectivity index (χ4n) is 5.48. The first-order valence-electron chi connectivity index (χ1n) is 12.8. The molecule has 5 heterocycles. The number of piperazine rings is 1. The summed E-state index contributed by atoms with van der Waals surface area (Å²) in [6.07, 6.45) is 4.08. The van der Waals surface area contributed by atoms with Gasteiger partial charge < -0.3 is 19.3 Å². The molecule has 0 bridgehead atoms. The van der Waals surface area contributed by atoms with Gasteiger partial charge in [-0.2, -0.15) is 0 Å². The van der Waals surface area contributed by atoms with Crippen molar-refractivity contribution in [3.8, 4) is 11.4 Å². The first kappa shape index (κ1) is 23.6. The molecule has 0 saturated carbocycles. The number of hydrogen-bond donors (Lipinski definition) is 1. The first-order chi connectivity index (χ1) is 17.5. The molecule has 2 aliphatic heterocycles. The molecule has 4 aromatic rings. The van der Waals surface area contributed by atoms with Crippen LogP contribution in [0.25, 0.3) is 22.6 Å². The Balaban J connectivity index is 1.19. The Kier molecular flexibility index (Phi) is 6.54. The summed E-state index contributed by atoms with van der Waals surface area (Å²) in [5.74, 6) is 2.20. The van der Waals surface area contributed by atoms with Crippen LogP contribution in [-0.2, 0) is 6.54 Å². The quantitative estimate of drug-likeness (QED) is 0.382.